The summed E-state index contributed by atoms with van der Waals surface area (Å²) in [6.45, 7) is 2.54. The van der Waals surface area contributed by atoms with Crippen LogP contribution in [0.5, 0.6) is 0 Å². The second kappa shape index (κ2) is 6.36. The molecule has 1 aliphatic rings. The molecule has 0 aromatic carbocycles. The van der Waals surface area contributed by atoms with E-state index in [4.69, 9.17) is 9.63 Å². The number of hydrogen-bond acceptors (Lipinski definition) is 6. The number of aromatic nitrogens is 2. The maximum Gasteiger partial charge on any atom is 0.303 e. The molecule has 2 aromatic heterocycles. The van der Waals surface area contributed by atoms with Crippen LogP contribution >= 0.6 is 11.3 Å². The molecule has 0 aliphatic carbocycles. The van der Waals surface area contributed by atoms with Crippen molar-refractivity contribution in [3.63, 3.8) is 0 Å². The average Bonchev–Trinajstić information content (AvgIpc) is 3.18. The van der Waals surface area contributed by atoms with E-state index in [1.165, 1.54) is 0 Å². The predicted octanol–water partition coefficient (Wildman–Crippen LogP) is 2.48. The monoisotopic (exact) mass is 307 g/mol. The van der Waals surface area contributed by atoms with Gasteiger partial charge < -0.3 is 9.63 Å². The van der Waals surface area contributed by atoms with Gasteiger partial charge in [-0.1, -0.05) is 5.16 Å². The smallest absolute Gasteiger partial charge is 0.303 e. The second-order valence-corrected chi connectivity index (χ2v) is 6.13. The van der Waals surface area contributed by atoms with Crippen LogP contribution in [0.25, 0.3) is 11.5 Å². The SMILES string of the molecule is O=C(O)CCC1CCN(Cc2noc(-c3ccsc3)n2)C1. The number of aliphatic carboxylic acids is 1. The first-order chi connectivity index (χ1) is 10.2. The van der Waals surface area contributed by atoms with Gasteiger partial charge in [0, 0.05) is 18.3 Å². The van der Waals surface area contributed by atoms with E-state index in [9.17, 15) is 4.79 Å². The zero-order valence-electron chi connectivity index (χ0n) is 11.6. The third-order valence-corrected chi connectivity index (χ3v) is 4.42. The Hall–Kier alpha value is -1.73. The molecule has 1 aliphatic heterocycles. The molecule has 0 radical (unpaired) electrons. The van der Waals surface area contributed by atoms with Crippen molar-refractivity contribution in [2.24, 2.45) is 5.92 Å². The lowest BCUT2D eigenvalue weighted by Gasteiger charge is -2.12. The van der Waals surface area contributed by atoms with E-state index in [0.29, 0.717) is 24.2 Å². The van der Waals surface area contributed by atoms with Gasteiger partial charge in [0.15, 0.2) is 5.82 Å². The van der Waals surface area contributed by atoms with Gasteiger partial charge in [-0.3, -0.25) is 9.69 Å². The van der Waals surface area contributed by atoms with Crippen LogP contribution in [0.4, 0.5) is 0 Å². The van der Waals surface area contributed by atoms with Gasteiger partial charge in [0.25, 0.3) is 5.89 Å². The molecule has 0 spiro atoms. The van der Waals surface area contributed by atoms with Crippen molar-refractivity contribution in [3.8, 4) is 11.5 Å². The predicted molar refractivity (Wildman–Crippen MR) is 77.9 cm³/mol. The number of nitrogens with zero attached hydrogens (tertiary/aromatic N) is 3. The summed E-state index contributed by atoms with van der Waals surface area (Å²) in [6.07, 6.45) is 2.05. The summed E-state index contributed by atoms with van der Waals surface area (Å²) in [5, 5.41) is 16.7. The van der Waals surface area contributed by atoms with Crippen LogP contribution in [0.15, 0.2) is 21.3 Å². The number of carboxylic acids is 1. The molecule has 0 saturated carbocycles. The van der Waals surface area contributed by atoms with Crippen LogP contribution in [0, 0.1) is 5.92 Å². The number of likely N-dealkylation sites (tertiary alicyclic amines) is 1. The fourth-order valence-electron chi connectivity index (χ4n) is 2.64. The van der Waals surface area contributed by atoms with E-state index in [2.05, 4.69) is 15.0 Å². The van der Waals surface area contributed by atoms with Crippen molar-refractivity contribution in [1.82, 2.24) is 15.0 Å². The average molecular weight is 307 g/mol. The van der Waals surface area contributed by atoms with Crippen molar-refractivity contribution in [2.75, 3.05) is 13.1 Å². The Morgan fingerprint density at radius 1 is 1.57 bits per heavy atom. The number of rotatable bonds is 6. The molecule has 1 saturated heterocycles. The minimum atomic E-state index is -0.716. The Kier molecular flexibility index (Phi) is 4.31. The summed E-state index contributed by atoms with van der Waals surface area (Å²) in [6, 6.07) is 1.96. The molecule has 7 heteroatoms. The first-order valence-corrected chi connectivity index (χ1v) is 7.94. The lowest BCUT2D eigenvalue weighted by Crippen LogP contribution is -2.21. The van der Waals surface area contributed by atoms with Gasteiger partial charge in [-0.2, -0.15) is 16.3 Å². The van der Waals surface area contributed by atoms with E-state index < -0.39 is 5.97 Å². The highest BCUT2D eigenvalue weighted by molar-refractivity contribution is 7.08. The van der Waals surface area contributed by atoms with E-state index in [-0.39, 0.29) is 6.42 Å². The van der Waals surface area contributed by atoms with Crippen LogP contribution in [-0.4, -0.2) is 39.2 Å². The second-order valence-electron chi connectivity index (χ2n) is 5.35. The molecule has 21 heavy (non-hydrogen) atoms. The van der Waals surface area contributed by atoms with Gasteiger partial charge in [-0.15, -0.1) is 0 Å². The standard InChI is InChI=1S/C14H17N3O3S/c18-13(19)2-1-10-3-5-17(7-10)8-12-15-14(20-16-12)11-4-6-21-9-11/h4,6,9-10H,1-3,5,7-8H2,(H,18,19). The molecule has 1 atom stereocenters. The van der Waals surface area contributed by atoms with Crippen molar-refractivity contribution in [3.05, 3.63) is 22.7 Å². The van der Waals surface area contributed by atoms with Gasteiger partial charge in [0.2, 0.25) is 0 Å². The third-order valence-electron chi connectivity index (χ3n) is 3.74. The number of carboxylic acid groups (broad SMARTS) is 1. The van der Waals surface area contributed by atoms with Crippen molar-refractivity contribution in [2.45, 2.75) is 25.8 Å². The molecular formula is C14H17N3O3S. The third kappa shape index (κ3) is 3.68. The Morgan fingerprint density at radius 3 is 3.24 bits per heavy atom. The largest absolute Gasteiger partial charge is 0.481 e. The highest BCUT2D eigenvalue weighted by Crippen LogP contribution is 2.24. The number of carbonyl (C=O) groups is 1. The molecule has 6 nitrogen and oxygen atoms in total. The first kappa shape index (κ1) is 14.2. The molecule has 2 aromatic rings. The summed E-state index contributed by atoms with van der Waals surface area (Å²) in [7, 11) is 0. The van der Waals surface area contributed by atoms with E-state index in [1.54, 1.807) is 11.3 Å². The number of hydrogen-bond donors (Lipinski definition) is 1. The lowest BCUT2D eigenvalue weighted by atomic mass is 10.0. The molecule has 1 N–H and O–H groups in total. The normalized spacial score (nSPS) is 19.1. The van der Waals surface area contributed by atoms with E-state index in [0.717, 1.165) is 31.5 Å². The van der Waals surface area contributed by atoms with Crippen LogP contribution in [0.1, 0.15) is 25.1 Å². The molecule has 0 bridgehead atoms. The first-order valence-electron chi connectivity index (χ1n) is 7.00. The molecule has 1 unspecified atom stereocenters. The maximum absolute atomic E-state index is 10.6. The highest BCUT2D eigenvalue weighted by Gasteiger charge is 2.24. The minimum absolute atomic E-state index is 0.253. The summed E-state index contributed by atoms with van der Waals surface area (Å²) in [5.41, 5.74) is 0.958. The van der Waals surface area contributed by atoms with Crippen molar-refractivity contribution >= 4 is 17.3 Å². The summed E-state index contributed by atoms with van der Waals surface area (Å²) < 4.78 is 5.27. The molecular weight excluding hydrogens is 290 g/mol. The fraction of sp³-hybridized carbons (Fsp3) is 0.500. The van der Waals surface area contributed by atoms with Gasteiger partial charge >= 0.3 is 5.97 Å². The summed E-state index contributed by atoms with van der Waals surface area (Å²) in [4.78, 5) is 17.3. The fourth-order valence-corrected chi connectivity index (χ4v) is 3.27. The van der Waals surface area contributed by atoms with Gasteiger partial charge in [0.05, 0.1) is 12.1 Å². The molecule has 1 fully saturated rings. The maximum atomic E-state index is 10.6. The molecule has 3 heterocycles. The van der Waals surface area contributed by atoms with Gasteiger partial charge in [-0.05, 0) is 36.8 Å². The minimum Gasteiger partial charge on any atom is -0.481 e. The van der Waals surface area contributed by atoms with Crippen LogP contribution in [0.3, 0.4) is 0 Å². The zero-order valence-corrected chi connectivity index (χ0v) is 12.4. The molecule has 0 amide bonds. The van der Waals surface area contributed by atoms with Crippen molar-refractivity contribution in [1.29, 1.82) is 0 Å². The van der Waals surface area contributed by atoms with Crippen LogP contribution in [0.2, 0.25) is 0 Å². The van der Waals surface area contributed by atoms with Gasteiger partial charge in [-0.25, -0.2) is 0 Å². The zero-order chi connectivity index (χ0) is 14.7. The Labute approximate surface area is 126 Å². The van der Waals surface area contributed by atoms with Gasteiger partial charge in [0.1, 0.15) is 0 Å². The molecule has 112 valence electrons. The topological polar surface area (TPSA) is 79.5 Å². The highest BCUT2D eigenvalue weighted by atomic mass is 32.1. The summed E-state index contributed by atoms with van der Waals surface area (Å²) in [5.74, 6) is 0.999. The van der Waals surface area contributed by atoms with Crippen LogP contribution < -0.4 is 0 Å². The number of thiophene rings is 1. The Morgan fingerprint density at radius 2 is 2.48 bits per heavy atom. The quantitative estimate of drug-likeness (QED) is 0.883. The van der Waals surface area contributed by atoms with E-state index in [1.807, 2.05) is 16.8 Å². The van der Waals surface area contributed by atoms with Crippen LogP contribution in [-0.2, 0) is 11.3 Å². The summed E-state index contributed by atoms with van der Waals surface area (Å²) >= 11 is 1.60. The lowest BCUT2D eigenvalue weighted by molar-refractivity contribution is -0.137. The van der Waals surface area contributed by atoms with Crippen molar-refractivity contribution < 1.29 is 14.4 Å². The Bertz CT molecular complexity index is 596. The molecule has 3 rings (SSSR count). The Balaban J connectivity index is 1.52. The van der Waals surface area contributed by atoms with E-state index >= 15 is 0 Å².